The smallest absolute Gasteiger partial charge is 0.222 e. The third kappa shape index (κ3) is 3.97. The van der Waals surface area contributed by atoms with E-state index in [1.165, 1.54) is 5.39 Å². The van der Waals surface area contributed by atoms with E-state index < -0.39 is 0 Å². The van der Waals surface area contributed by atoms with Crippen molar-refractivity contribution < 1.29 is 9.53 Å². The molecule has 25 heavy (non-hydrogen) atoms. The van der Waals surface area contributed by atoms with Gasteiger partial charge < -0.3 is 14.6 Å². The second kappa shape index (κ2) is 7.62. The number of para-hydroxylation sites is 1. The molecule has 0 atom stereocenters. The van der Waals surface area contributed by atoms with E-state index in [4.69, 9.17) is 16.3 Å². The van der Waals surface area contributed by atoms with Crippen LogP contribution in [0.2, 0.25) is 5.02 Å². The summed E-state index contributed by atoms with van der Waals surface area (Å²) < 4.78 is 5.35. The number of aromatic nitrogens is 1. The van der Waals surface area contributed by atoms with Gasteiger partial charge >= 0.3 is 0 Å². The number of benzene rings is 2. The van der Waals surface area contributed by atoms with E-state index in [2.05, 4.69) is 11.1 Å². The van der Waals surface area contributed by atoms with Gasteiger partial charge in [0.05, 0.1) is 7.11 Å². The highest BCUT2D eigenvalue weighted by molar-refractivity contribution is 6.30. The minimum atomic E-state index is 0.0901. The zero-order valence-electron chi connectivity index (χ0n) is 14.4. The summed E-state index contributed by atoms with van der Waals surface area (Å²) >= 11 is 6.06. The fraction of sp³-hybridized carbons (Fsp3) is 0.250. The molecule has 0 fully saturated rings. The number of carbonyl (C=O) groups excluding carboxylic acids is 1. The Balaban J connectivity index is 1.64. The molecule has 0 spiro atoms. The minimum absolute atomic E-state index is 0.0901. The van der Waals surface area contributed by atoms with Crippen LogP contribution in [0.4, 0.5) is 0 Å². The summed E-state index contributed by atoms with van der Waals surface area (Å²) in [7, 11) is 3.42. The van der Waals surface area contributed by atoms with Crippen LogP contribution in [0.5, 0.6) is 5.75 Å². The van der Waals surface area contributed by atoms with Gasteiger partial charge in [0.1, 0.15) is 5.75 Å². The molecule has 0 aliphatic heterocycles. The molecule has 1 heterocycles. The molecule has 3 rings (SSSR count). The van der Waals surface area contributed by atoms with Gasteiger partial charge in [-0.25, -0.2) is 0 Å². The van der Waals surface area contributed by atoms with Gasteiger partial charge in [0.2, 0.25) is 5.91 Å². The normalized spacial score (nSPS) is 10.8. The molecule has 0 aliphatic carbocycles. The predicted octanol–water partition coefficient (Wildman–Crippen LogP) is 4.42. The van der Waals surface area contributed by atoms with Gasteiger partial charge in [-0.05, 0) is 36.2 Å². The Hall–Kier alpha value is -2.46. The van der Waals surface area contributed by atoms with Crippen molar-refractivity contribution in [3.8, 4) is 5.75 Å². The number of hydrogen-bond acceptors (Lipinski definition) is 2. The highest BCUT2D eigenvalue weighted by atomic mass is 35.5. The zero-order chi connectivity index (χ0) is 17.8. The maximum absolute atomic E-state index is 12.5. The number of aromatic amines is 1. The summed E-state index contributed by atoms with van der Waals surface area (Å²) in [6, 6.07) is 13.6. The maximum Gasteiger partial charge on any atom is 0.222 e. The summed E-state index contributed by atoms with van der Waals surface area (Å²) in [6.45, 7) is 0.469. The molecule has 0 radical (unpaired) electrons. The number of amides is 1. The predicted molar refractivity (Wildman–Crippen MR) is 101 cm³/mol. The lowest BCUT2D eigenvalue weighted by atomic mass is 10.1. The fourth-order valence-electron chi connectivity index (χ4n) is 2.99. The van der Waals surface area contributed by atoms with Crippen LogP contribution in [0.3, 0.4) is 0 Å². The second-order valence-corrected chi connectivity index (χ2v) is 6.50. The van der Waals surface area contributed by atoms with E-state index in [9.17, 15) is 4.79 Å². The maximum atomic E-state index is 12.5. The van der Waals surface area contributed by atoms with Crippen LogP contribution in [0.15, 0.2) is 48.7 Å². The molecule has 3 aromatic rings. The van der Waals surface area contributed by atoms with Crippen LogP contribution in [-0.2, 0) is 17.8 Å². The molecule has 0 bridgehead atoms. The highest BCUT2D eigenvalue weighted by Crippen LogP contribution is 2.24. The number of methoxy groups -OCH3 is 1. The van der Waals surface area contributed by atoms with Crippen molar-refractivity contribution in [2.45, 2.75) is 19.4 Å². The average Bonchev–Trinajstić information content (AvgIpc) is 3.03. The minimum Gasteiger partial charge on any atom is -0.496 e. The molecule has 130 valence electrons. The van der Waals surface area contributed by atoms with Crippen molar-refractivity contribution >= 4 is 28.4 Å². The second-order valence-electron chi connectivity index (χ2n) is 6.07. The van der Waals surface area contributed by atoms with Crippen molar-refractivity contribution in [1.82, 2.24) is 9.88 Å². The Morgan fingerprint density at radius 2 is 2.00 bits per heavy atom. The van der Waals surface area contributed by atoms with Crippen LogP contribution in [0.1, 0.15) is 17.5 Å². The summed E-state index contributed by atoms with van der Waals surface area (Å²) in [5, 5.41) is 1.81. The van der Waals surface area contributed by atoms with Crippen LogP contribution in [0.25, 0.3) is 10.9 Å². The lowest BCUT2D eigenvalue weighted by Crippen LogP contribution is -2.26. The third-order valence-corrected chi connectivity index (χ3v) is 4.59. The number of fused-ring (bicyclic) bond motifs is 1. The Bertz CT molecular complexity index is 888. The van der Waals surface area contributed by atoms with Gasteiger partial charge in [0.15, 0.2) is 0 Å². The van der Waals surface area contributed by atoms with Crippen molar-refractivity contribution in [2.24, 2.45) is 0 Å². The molecule has 2 aromatic carbocycles. The highest BCUT2D eigenvalue weighted by Gasteiger charge is 2.14. The standard InChI is InChI=1S/C20H21ClN2O2/c1-23(13-15-11-16(21)8-9-19(15)25-2)20(24)10-7-14-12-22-18-6-4-3-5-17(14)18/h3-6,8-9,11-12,22H,7,10,13H2,1-2H3. The van der Waals surface area contributed by atoms with E-state index >= 15 is 0 Å². The Labute approximate surface area is 152 Å². The topological polar surface area (TPSA) is 45.3 Å². The van der Waals surface area contributed by atoms with Gasteiger partial charge in [-0.1, -0.05) is 29.8 Å². The van der Waals surface area contributed by atoms with Crippen molar-refractivity contribution in [1.29, 1.82) is 0 Å². The van der Waals surface area contributed by atoms with Crippen molar-refractivity contribution in [2.75, 3.05) is 14.2 Å². The van der Waals surface area contributed by atoms with E-state index in [0.717, 1.165) is 22.4 Å². The van der Waals surface area contributed by atoms with E-state index in [-0.39, 0.29) is 5.91 Å². The first-order valence-electron chi connectivity index (χ1n) is 8.20. The molecule has 0 aliphatic rings. The van der Waals surface area contributed by atoms with Crippen molar-refractivity contribution in [3.05, 3.63) is 64.8 Å². The first kappa shape index (κ1) is 17.4. The zero-order valence-corrected chi connectivity index (χ0v) is 15.1. The number of rotatable bonds is 6. The summed E-state index contributed by atoms with van der Waals surface area (Å²) in [5.41, 5.74) is 3.16. The molecule has 0 unspecified atom stereocenters. The third-order valence-electron chi connectivity index (χ3n) is 4.36. The Morgan fingerprint density at radius 1 is 1.20 bits per heavy atom. The largest absolute Gasteiger partial charge is 0.496 e. The van der Waals surface area contributed by atoms with Crippen LogP contribution < -0.4 is 4.74 Å². The van der Waals surface area contributed by atoms with Crippen molar-refractivity contribution in [3.63, 3.8) is 0 Å². The monoisotopic (exact) mass is 356 g/mol. The lowest BCUT2D eigenvalue weighted by molar-refractivity contribution is -0.130. The van der Waals surface area contributed by atoms with Gasteiger partial charge in [-0.3, -0.25) is 4.79 Å². The van der Waals surface area contributed by atoms with E-state index in [1.807, 2.05) is 36.5 Å². The molecular weight excluding hydrogens is 336 g/mol. The number of carbonyl (C=O) groups is 1. The van der Waals surface area contributed by atoms with Crippen LogP contribution in [0, 0.1) is 0 Å². The molecule has 1 aromatic heterocycles. The molecule has 0 saturated carbocycles. The number of hydrogen-bond donors (Lipinski definition) is 1. The Kier molecular flexibility index (Phi) is 5.29. The summed E-state index contributed by atoms with van der Waals surface area (Å²) in [6.07, 6.45) is 3.15. The molecular formula is C20H21ClN2O2. The summed E-state index contributed by atoms with van der Waals surface area (Å²) in [5.74, 6) is 0.827. The van der Waals surface area contributed by atoms with E-state index in [0.29, 0.717) is 24.4 Å². The van der Waals surface area contributed by atoms with Crippen LogP contribution >= 0.6 is 11.6 Å². The number of halogens is 1. The molecule has 5 heteroatoms. The van der Waals surface area contributed by atoms with Gasteiger partial charge in [0.25, 0.3) is 0 Å². The molecule has 4 nitrogen and oxygen atoms in total. The fourth-order valence-corrected chi connectivity index (χ4v) is 3.18. The SMILES string of the molecule is COc1ccc(Cl)cc1CN(C)C(=O)CCc1c[nH]c2ccccc12. The number of nitrogens with zero attached hydrogens (tertiary/aromatic N) is 1. The number of H-pyrrole nitrogens is 1. The number of aryl methyl sites for hydroxylation is 1. The lowest BCUT2D eigenvalue weighted by Gasteiger charge is -2.19. The molecule has 0 saturated heterocycles. The first-order valence-corrected chi connectivity index (χ1v) is 8.57. The molecule has 1 N–H and O–H groups in total. The Morgan fingerprint density at radius 3 is 2.80 bits per heavy atom. The average molecular weight is 357 g/mol. The summed E-state index contributed by atoms with van der Waals surface area (Å²) in [4.78, 5) is 17.5. The van der Waals surface area contributed by atoms with Gasteiger partial charge in [-0.15, -0.1) is 0 Å². The number of ether oxygens (including phenoxy) is 1. The van der Waals surface area contributed by atoms with Gasteiger partial charge in [-0.2, -0.15) is 0 Å². The van der Waals surface area contributed by atoms with Gasteiger partial charge in [0, 0.05) is 47.7 Å². The van der Waals surface area contributed by atoms with Crippen LogP contribution in [-0.4, -0.2) is 29.9 Å². The number of nitrogens with one attached hydrogen (secondary N) is 1. The molecule has 1 amide bonds. The quantitative estimate of drug-likeness (QED) is 0.710. The van der Waals surface area contributed by atoms with E-state index in [1.54, 1.807) is 25.1 Å². The first-order chi connectivity index (χ1) is 12.1.